The fraction of sp³-hybridized carbons (Fsp3) is 0.333. The molecule has 0 aliphatic heterocycles. The second-order valence-electron chi connectivity index (χ2n) is 3.72. The van der Waals surface area contributed by atoms with Crippen LogP contribution < -0.4 is 11.1 Å². The summed E-state index contributed by atoms with van der Waals surface area (Å²) in [4.78, 5) is 0. The number of rotatable bonds is 4. The fourth-order valence-electron chi connectivity index (χ4n) is 1.40. The molecule has 1 heterocycles. The predicted molar refractivity (Wildman–Crippen MR) is 64.4 cm³/mol. The van der Waals surface area contributed by atoms with Gasteiger partial charge in [0.1, 0.15) is 9.84 Å². The predicted octanol–water partition coefficient (Wildman–Crippen LogP) is 0.261. The number of nitrogen functional groups attached to an aromatic ring is 1. The van der Waals surface area contributed by atoms with E-state index in [1.165, 1.54) is 6.26 Å². The van der Waals surface area contributed by atoms with E-state index in [4.69, 9.17) is 5.73 Å². The van der Waals surface area contributed by atoms with Crippen LogP contribution in [0.5, 0.6) is 0 Å². The third-order valence-electron chi connectivity index (χ3n) is 2.23. The maximum Gasteiger partial charge on any atom is 0.160 e. The molecule has 0 radical (unpaired) electrons. The Labute approximate surface area is 97.9 Å². The van der Waals surface area contributed by atoms with Gasteiger partial charge in [-0.1, -0.05) is 0 Å². The number of nitrogens with two attached hydrogens (primary N) is 1. The van der Waals surface area contributed by atoms with Crippen molar-refractivity contribution in [2.75, 3.05) is 29.6 Å². The van der Waals surface area contributed by atoms with Gasteiger partial charge in [0.15, 0.2) is 11.0 Å². The molecule has 0 amide bonds. The van der Waals surface area contributed by atoms with E-state index in [0.717, 1.165) is 0 Å². The largest absolute Gasteiger partial charge is 0.397 e. The van der Waals surface area contributed by atoms with Gasteiger partial charge in [-0.25, -0.2) is 13.0 Å². The molecule has 0 saturated carbocycles. The van der Waals surface area contributed by atoms with Crippen LogP contribution in [0.1, 0.15) is 0 Å². The van der Waals surface area contributed by atoms with Gasteiger partial charge < -0.3 is 11.1 Å². The highest BCUT2D eigenvalue weighted by atomic mass is 32.2. The Morgan fingerprint density at radius 1 is 1.35 bits per heavy atom. The van der Waals surface area contributed by atoms with Crippen molar-refractivity contribution in [3.8, 4) is 0 Å². The van der Waals surface area contributed by atoms with E-state index in [0.29, 0.717) is 29.0 Å². The summed E-state index contributed by atoms with van der Waals surface area (Å²) in [5.74, 6) is 0.0458. The van der Waals surface area contributed by atoms with Gasteiger partial charge in [-0.3, -0.25) is 0 Å². The van der Waals surface area contributed by atoms with Crippen LogP contribution in [0.2, 0.25) is 0 Å². The topological polar surface area (TPSA) is 111 Å². The normalized spacial score (nSPS) is 11.8. The lowest BCUT2D eigenvalue weighted by molar-refractivity contribution is 0.316. The van der Waals surface area contributed by atoms with Crippen molar-refractivity contribution in [2.45, 2.75) is 0 Å². The van der Waals surface area contributed by atoms with Crippen LogP contribution >= 0.6 is 0 Å². The van der Waals surface area contributed by atoms with Gasteiger partial charge in [0.25, 0.3) is 0 Å². The molecule has 3 N–H and O–H groups in total. The van der Waals surface area contributed by atoms with E-state index < -0.39 is 9.84 Å². The molecule has 0 unspecified atom stereocenters. The molecule has 0 saturated heterocycles. The van der Waals surface area contributed by atoms with Gasteiger partial charge in [-0.15, -0.1) is 0 Å². The molecule has 1 aromatic heterocycles. The first-order valence-corrected chi connectivity index (χ1v) is 6.96. The number of benzene rings is 1. The first kappa shape index (κ1) is 11.6. The Balaban J connectivity index is 2.19. The maximum atomic E-state index is 11.0. The van der Waals surface area contributed by atoms with Crippen molar-refractivity contribution in [1.29, 1.82) is 0 Å². The summed E-state index contributed by atoms with van der Waals surface area (Å²) in [6.45, 7) is 0.296. The highest BCUT2D eigenvalue weighted by Crippen LogP contribution is 2.24. The quantitative estimate of drug-likeness (QED) is 0.755. The Hall–Kier alpha value is -1.83. The van der Waals surface area contributed by atoms with E-state index in [1.54, 1.807) is 12.1 Å². The lowest BCUT2D eigenvalue weighted by atomic mass is 10.2. The Morgan fingerprint density at radius 2 is 2.06 bits per heavy atom. The van der Waals surface area contributed by atoms with Crippen molar-refractivity contribution >= 4 is 32.2 Å². The molecule has 0 aliphatic carbocycles. The summed E-state index contributed by atoms with van der Waals surface area (Å²) < 4.78 is 26.6. The van der Waals surface area contributed by atoms with Crippen molar-refractivity contribution in [3.05, 3.63) is 12.1 Å². The lowest BCUT2D eigenvalue weighted by Crippen LogP contribution is -2.14. The monoisotopic (exact) mass is 256 g/mol. The summed E-state index contributed by atoms with van der Waals surface area (Å²) in [5.41, 5.74) is 7.77. The van der Waals surface area contributed by atoms with Crippen molar-refractivity contribution in [1.82, 2.24) is 10.3 Å². The second kappa shape index (κ2) is 4.21. The number of anilines is 2. The summed E-state index contributed by atoms with van der Waals surface area (Å²) >= 11 is 0. The van der Waals surface area contributed by atoms with Gasteiger partial charge in [0.05, 0.1) is 17.1 Å². The zero-order valence-corrected chi connectivity index (χ0v) is 9.99. The minimum atomic E-state index is -2.99. The molecule has 0 spiro atoms. The third kappa shape index (κ3) is 2.64. The number of hydrogen-bond acceptors (Lipinski definition) is 7. The van der Waals surface area contributed by atoms with Crippen LogP contribution in [0.25, 0.3) is 11.0 Å². The van der Waals surface area contributed by atoms with E-state index in [1.807, 2.05) is 0 Å². The van der Waals surface area contributed by atoms with Gasteiger partial charge in [-0.2, -0.15) is 0 Å². The van der Waals surface area contributed by atoms with E-state index in [-0.39, 0.29) is 5.75 Å². The molecule has 0 fully saturated rings. The summed E-state index contributed by atoms with van der Waals surface area (Å²) in [6.07, 6.45) is 1.19. The van der Waals surface area contributed by atoms with Crippen molar-refractivity contribution < 1.29 is 13.0 Å². The Bertz CT molecular complexity index is 635. The van der Waals surface area contributed by atoms with Crippen LogP contribution in [0, 0.1) is 0 Å². The van der Waals surface area contributed by atoms with Crippen LogP contribution in [-0.4, -0.2) is 37.3 Å². The molecule has 7 nitrogen and oxygen atoms in total. The highest BCUT2D eigenvalue weighted by molar-refractivity contribution is 7.90. The molecule has 0 aliphatic rings. The summed E-state index contributed by atoms with van der Waals surface area (Å²) in [6, 6.07) is 3.37. The minimum Gasteiger partial charge on any atom is -0.397 e. The molecule has 0 atom stereocenters. The van der Waals surface area contributed by atoms with Crippen LogP contribution in [0.3, 0.4) is 0 Å². The first-order valence-electron chi connectivity index (χ1n) is 4.90. The Kier molecular flexibility index (Phi) is 2.88. The number of nitrogens with zero attached hydrogens (tertiary/aromatic N) is 2. The van der Waals surface area contributed by atoms with E-state index >= 15 is 0 Å². The summed E-state index contributed by atoms with van der Waals surface area (Å²) in [7, 11) is -2.99. The molecule has 8 heteroatoms. The average Bonchev–Trinajstić information content (AvgIpc) is 2.69. The number of hydrogen-bond donors (Lipinski definition) is 2. The van der Waals surface area contributed by atoms with Crippen molar-refractivity contribution in [2.24, 2.45) is 0 Å². The SMILES string of the molecule is CS(=O)(=O)CCNc1ccc(N)c2nonc12. The number of aromatic nitrogens is 2. The van der Waals surface area contributed by atoms with Gasteiger partial charge in [-0.05, 0) is 22.4 Å². The second-order valence-corrected chi connectivity index (χ2v) is 5.98. The van der Waals surface area contributed by atoms with Gasteiger partial charge in [0.2, 0.25) is 0 Å². The third-order valence-corrected chi connectivity index (χ3v) is 3.18. The van der Waals surface area contributed by atoms with Crippen LogP contribution in [0.15, 0.2) is 16.8 Å². The molecular weight excluding hydrogens is 244 g/mol. The minimum absolute atomic E-state index is 0.0458. The van der Waals surface area contributed by atoms with Crippen LogP contribution in [0.4, 0.5) is 11.4 Å². The zero-order valence-electron chi connectivity index (χ0n) is 9.17. The Morgan fingerprint density at radius 3 is 2.76 bits per heavy atom. The molecule has 2 rings (SSSR count). The maximum absolute atomic E-state index is 11.0. The molecule has 92 valence electrons. The lowest BCUT2D eigenvalue weighted by Gasteiger charge is -2.05. The summed E-state index contributed by atoms with van der Waals surface area (Å²) in [5, 5.41) is 10.3. The van der Waals surface area contributed by atoms with Crippen LogP contribution in [-0.2, 0) is 9.84 Å². The fourth-order valence-corrected chi connectivity index (χ4v) is 1.87. The van der Waals surface area contributed by atoms with E-state index in [2.05, 4.69) is 20.3 Å². The number of sulfone groups is 1. The first-order chi connectivity index (χ1) is 7.97. The standard InChI is InChI=1S/C9H12N4O3S/c1-17(14,15)5-4-11-7-3-2-6(10)8-9(7)13-16-12-8/h2-3,11H,4-5,10H2,1H3. The smallest absolute Gasteiger partial charge is 0.160 e. The molecule has 2 aromatic rings. The van der Waals surface area contributed by atoms with Gasteiger partial charge >= 0.3 is 0 Å². The number of nitrogens with one attached hydrogen (secondary N) is 1. The molecule has 0 bridgehead atoms. The molecule has 17 heavy (non-hydrogen) atoms. The van der Waals surface area contributed by atoms with E-state index in [9.17, 15) is 8.42 Å². The highest BCUT2D eigenvalue weighted by Gasteiger charge is 2.10. The van der Waals surface area contributed by atoms with Crippen molar-refractivity contribution in [3.63, 3.8) is 0 Å². The number of fused-ring (bicyclic) bond motifs is 1. The molecular formula is C9H12N4O3S. The average molecular weight is 256 g/mol. The zero-order chi connectivity index (χ0) is 12.5. The van der Waals surface area contributed by atoms with Gasteiger partial charge in [0, 0.05) is 12.8 Å². The molecule has 1 aromatic carbocycles.